The van der Waals surface area contributed by atoms with E-state index in [9.17, 15) is 9.59 Å². The zero-order valence-electron chi connectivity index (χ0n) is 5.06. The molecule has 0 radical (unpaired) electrons. The van der Waals surface area contributed by atoms with E-state index in [1.54, 1.807) is 0 Å². The fourth-order valence-corrected chi connectivity index (χ4v) is 0.750. The summed E-state index contributed by atoms with van der Waals surface area (Å²) in [7, 11) is 0. The number of carbonyl (C=O) groups excluding carboxylic acids is 2. The minimum atomic E-state index is -0.431. The normalized spacial score (nSPS) is 18.3. The minimum absolute atomic E-state index is 0.0669. The van der Waals surface area contributed by atoms with E-state index in [-0.39, 0.29) is 24.0 Å². The molecule has 1 heterocycles. The average Bonchev–Trinajstić information content (AvgIpc) is 1.85. The lowest BCUT2D eigenvalue weighted by Crippen LogP contribution is -2.37. The summed E-state index contributed by atoms with van der Waals surface area (Å²) in [6.45, 7) is 0. The third-order valence-corrected chi connectivity index (χ3v) is 1.23. The maximum Gasteiger partial charge on any atom is 0.256 e. The van der Waals surface area contributed by atoms with Crippen molar-refractivity contribution in [2.75, 3.05) is 5.88 Å². The Labute approximate surface area is 62.3 Å². The van der Waals surface area contributed by atoms with Gasteiger partial charge in [0.2, 0.25) is 5.91 Å². The van der Waals surface area contributed by atoms with E-state index in [0.29, 0.717) is 0 Å². The summed E-state index contributed by atoms with van der Waals surface area (Å²) in [5.41, 5.74) is 0. The molecule has 0 aromatic carbocycles. The summed E-state index contributed by atoms with van der Waals surface area (Å²) in [5, 5.41) is 2.35. The van der Waals surface area contributed by atoms with Gasteiger partial charge in [0.25, 0.3) is 5.91 Å². The van der Waals surface area contributed by atoms with Crippen molar-refractivity contribution in [1.82, 2.24) is 5.32 Å². The van der Waals surface area contributed by atoms with Crippen LogP contribution in [0.5, 0.6) is 0 Å². The highest BCUT2D eigenvalue weighted by atomic mass is 35.5. The second-order valence-electron chi connectivity index (χ2n) is 1.81. The maximum absolute atomic E-state index is 10.6. The van der Waals surface area contributed by atoms with Gasteiger partial charge in [0.15, 0.2) is 0 Å². The highest BCUT2D eigenvalue weighted by Crippen LogP contribution is 1.94. The molecule has 1 N–H and O–H groups in total. The number of amides is 2. The lowest BCUT2D eigenvalue weighted by atomic mass is 10.3. The Morgan fingerprint density at radius 2 is 2.30 bits per heavy atom. The van der Waals surface area contributed by atoms with Gasteiger partial charge in [0.05, 0.1) is 5.88 Å². The van der Waals surface area contributed by atoms with Crippen LogP contribution in [0.3, 0.4) is 0 Å². The number of rotatable bonds is 1. The van der Waals surface area contributed by atoms with Crippen molar-refractivity contribution in [3.05, 3.63) is 0 Å². The van der Waals surface area contributed by atoms with E-state index < -0.39 is 5.91 Å². The number of nitrogens with zero attached hydrogens (tertiary/aromatic N) is 1. The van der Waals surface area contributed by atoms with Crippen LogP contribution in [0.25, 0.3) is 0 Å². The van der Waals surface area contributed by atoms with E-state index in [1.165, 1.54) is 0 Å². The molecule has 0 fully saturated rings. The van der Waals surface area contributed by atoms with Crippen LogP contribution in [0.15, 0.2) is 4.99 Å². The number of amidine groups is 1. The number of carbonyl (C=O) groups is 2. The molecule has 0 aromatic rings. The molecule has 1 rings (SSSR count). The molecule has 0 saturated heterocycles. The smallest absolute Gasteiger partial charge is 0.256 e. The summed E-state index contributed by atoms with van der Waals surface area (Å²) in [6, 6.07) is 0. The van der Waals surface area contributed by atoms with E-state index in [1.807, 2.05) is 0 Å². The average molecular weight is 161 g/mol. The first-order valence-corrected chi connectivity index (χ1v) is 3.22. The molecule has 10 heavy (non-hydrogen) atoms. The van der Waals surface area contributed by atoms with Gasteiger partial charge in [-0.05, 0) is 0 Å². The third-order valence-electron chi connectivity index (χ3n) is 0.982. The molecule has 0 aliphatic carbocycles. The van der Waals surface area contributed by atoms with E-state index >= 15 is 0 Å². The fraction of sp³-hybridized carbons (Fsp3) is 0.400. The quantitative estimate of drug-likeness (QED) is 0.422. The Morgan fingerprint density at radius 3 is 2.80 bits per heavy atom. The second-order valence-corrected chi connectivity index (χ2v) is 2.08. The van der Waals surface area contributed by atoms with Crippen molar-refractivity contribution >= 4 is 29.3 Å². The lowest BCUT2D eigenvalue weighted by Gasteiger charge is -2.08. The molecular weight excluding hydrogens is 156 g/mol. The Hall–Kier alpha value is -0.900. The van der Waals surface area contributed by atoms with Gasteiger partial charge < -0.3 is 5.32 Å². The van der Waals surface area contributed by atoms with Crippen molar-refractivity contribution in [3.8, 4) is 0 Å². The van der Waals surface area contributed by atoms with Crippen LogP contribution in [0, 0.1) is 0 Å². The number of hydrogen-bond donors (Lipinski definition) is 1. The number of halogens is 1. The molecule has 1 aliphatic heterocycles. The summed E-state index contributed by atoms with van der Waals surface area (Å²) < 4.78 is 0. The molecule has 0 aromatic heterocycles. The maximum atomic E-state index is 10.6. The molecule has 0 saturated carbocycles. The van der Waals surface area contributed by atoms with Gasteiger partial charge in [0, 0.05) is 0 Å². The molecule has 0 bridgehead atoms. The van der Waals surface area contributed by atoms with Crippen molar-refractivity contribution in [2.24, 2.45) is 4.99 Å². The SMILES string of the molecule is O=C1CC(=O)NC(CCl)=N1. The molecule has 1 aliphatic rings. The molecule has 0 atom stereocenters. The van der Waals surface area contributed by atoms with Crippen molar-refractivity contribution in [3.63, 3.8) is 0 Å². The summed E-state index contributed by atoms with van der Waals surface area (Å²) in [5.74, 6) is -0.463. The molecule has 4 nitrogen and oxygen atoms in total. The van der Waals surface area contributed by atoms with E-state index in [0.717, 1.165) is 0 Å². The van der Waals surface area contributed by atoms with Crippen LogP contribution in [-0.4, -0.2) is 23.5 Å². The van der Waals surface area contributed by atoms with Gasteiger partial charge in [-0.15, -0.1) is 11.6 Å². The summed E-state index contributed by atoms with van der Waals surface area (Å²) in [6.07, 6.45) is -0.166. The molecule has 2 amide bonds. The van der Waals surface area contributed by atoms with Crippen molar-refractivity contribution in [2.45, 2.75) is 6.42 Å². The number of hydrogen-bond acceptors (Lipinski definition) is 2. The second kappa shape index (κ2) is 2.79. The standard InChI is InChI=1S/C5H5ClN2O2/c6-2-3-7-4(9)1-5(10)8-3/h1-2H2,(H,7,8,9,10). The largest absolute Gasteiger partial charge is 0.313 e. The highest BCUT2D eigenvalue weighted by Gasteiger charge is 2.16. The Bertz CT molecular complexity index is 212. The van der Waals surface area contributed by atoms with Gasteiger partial charge in [-0.3, -0.25) is 9.59 Å². The van der Waals surface area contributed by atoms with Gasteiger partial charge in [-0.2, -0.15) is 4.99 Å². The predicted molar refractivity (Wildman–Crippen MR) is 35.9 cm³/mol. The zero-order valence-corrected chi connectivity index (χ0v) is 5.81. The monoisotopic (exact) mass is 160 g/mol. The number of aliphatic imine (C=N–C) groups is 1. The molecular formula is C5H5ClN2O2. The first-order valence-electron chi connectivity index (χ1n) is 2.68. The highest BCUT2D eigenvalue weighted by molar-refractivity contribution is 6.31. The van der Waals surface area contributed by atoms with E-state index in [4.69, 9.17) is 11.6 Å². The van der Waals surface area contributed by atoms with Crippen LogP contribution in [0.2, 0.25) is 0 Å². The molecule has 0 spiro atoms. The van der Waals surface area contributed by atoms with Crippen molar-refractivity contribution < 1.29 is 9.59 Å². The summed E-state index contributed by atoms with van der Waals surface area (Å²) >= 11 is 5.31. The Kier molecular flexibility index (Phi) is 2.01. The fourth-order valence-electron chi connectivity index (χ4n) is 0.624. The van der Waals surface area contributed by atoms with Gasteiger partial charge in [0.1, 0.15) is 12.3 Å². The van der Waals surface area contributed by atoms with Crippen LogP contribution in [-0.2, 0) is 9.59 Å². The first-order chi connectivity index (χ1) is 4.72. The molecule has 54 valence electrons. The Balaban J connectivity index is 2.74. The zero-order chi connectivity index (χ0) is 7.56. The first kappa shape index (κ1) is 7.21. The topological polar surface area (TPSA) is 58.5 Å². The van der Waals surface area contributed by atoms with Gasteiger partial charge >= 0.3 is 0 Å². The van der Waals surface area contributed by atoms with Crippen LogP contribution in [0.4, 0.5) is 0 Å². The van der Waals surface area contributed by atoms with Crippen molar-refractivity contribution in [1.29, 1.82) is 0 Å². The van der Waals surface area contributed by atoms with Crippen LogP contribution in [0.1, 0.15) is 6.42 Å². The minimum Gasteiger partial charge on any atom is -0.313 e. The lowest BCUT2D eigenvalue weighted by molar-refractivity contribution is -0.127. The number of nitrogens with one attached hydrogen (secondary N) is 1. The number of alkyl halides is 1. The van der Waals surface area contributed by atoms with E-state index in [2.05, 4.69) is 10.3 Å². The molecule has 5 heteroatoms. The van der Waals surface area contributed by atoms with Gasteiger partial charge in [-0.25, -0.2) is 0 Å². The Morgan fingerprint density at radius 1 is 1.60 bits per heavy atom. The molecule has 0 unspecified atom stereocenters. The summed E-state index contributed by atoms with van der Waals surface area (Å²) in [4.78, 5) is 24.6. The predicted octanol–water partition coefficient (Wildman–Crippen LogP) is -0.330. The third kappa shape index (κ3) is 1.54. The van der Waals surface area contributed by atoms with Crippen LogP contribution >= 0.6 is 11.6 Å². The van der Waals surface area contributed by atoms with Gasteiger partial charge in [-0.1, -0.05) is 0 Å². The van der Waals surface area contributed by atoms with Crippen LogP contribution < -0.4 is 5.32 Å².